The van der Waals surface area contributed by atoms with Crippen molar-refractivity contribution in [2.24, 2.45) is 0 Å². The molecule has 1 amide bonds. The van der Waals surface area contributed by atoms with Gasteiger partial charge in [-0.15, -0.1) is 0 Å². The standard InChI is InChI=1S/C18H27FN2O4S/c1-2-13-26(23,24)21-10-8-16(9-11-21)20-18(22)7-4-12-25-17-6-3-5-15(19)14-17/h3,5-6,14,16H,2,4,7-13H2,1H3,(H,20,22). The lowest BCUT2D eigenvalue weighted by atomic mass is 10.1. The molecule has 26 heavy (non-hydrogen) atoms. The van der Waals surface area contributed by atoms with Crippen molar-refractivity contribution < 1.29 is 22.3 Å². The predicted octanol–water partition coefficient (Wildman–Crippen LogP) is 2.31. The number of halogens is 1. The van der Waals surface area contributed by atoms with Gasteiger partial charge < -0.3 is 10.1 Å². The lowest BCUT2D eigenvalue weighted by molar-refractivity contribution is -0.122. The third-order valence-electron chi connectivity index (χ3n) is 4.29. The van der Waals surface area contributed by atoms with Gasteiger partial charge in [0.2, 0.25) is 15.9 Å². The zero-order valence-electron chi connectivity index (χ0n) is 15.1. The van der Waals surface area contributed by atoms with E-state index in [4.69, 9.17) is 4.74 Å². The van der Waals surface area contributed by atoms with Crippen LogP contribution in [0.2, 0.25) is 0 Å². The Bertz CT molecular complexity index is 688. The zero-order valence-corrected chi connectivity index (χ0v) is 15.9. The van der Waals surface area contributed by atoms with Crippen LogP contribution in [0.5, 0.6) is 5.75 Å². The van der Waals surface area contributed by atoms with E-state index in [0.29, 0.717) is 57.6 Å². The highest BCUT2D eigenvalue weighted by Gasteiger charge is 2.27. The Morgan fingerprint density at radius 3 is 2.73 bits per heavy atom. The van der Waals surface area contributed by atoms with Crippen LogP contribution in [0.25, 0.3) is 0 Å². The number of ether oxygens (including phenoxy) is 1. The van der Waals surface area contributed by atoms with Crippen molar-refractivity contribution in [2.75, 3.05) is 25.4 Å². The third kappa shape index (κ3) is 6.57. The van der Waals surface area contributed by atoms with Crippen LogP contribution >= 0.6 is 0 Å². The second kappa shape index (κ2) is 9.87. The highest BCUT2D eigenvalue weighted by molar-refractivity contribution is 7.89. The molecular weight excluding hydrogens is 359 g/mol. The van der Waals surface area contributed by atoms with Crippen molar-refractivity contribution in [3.05, 3.63) is 30.1 Å². The molecule has 0 radical (unpaired) electrons. The van der Waals surface area contributed by atoms with E-state index in [0.717, 1.165) is 0 Å². The predicted molar refractivity (Wildman–Crippen MR) is 97.9 cm³/mol. The van der Waals surface area contributed by atoms with Gasteiger partial charge in [0, 0.05) is 31.6 Å². The summed E-state index contributed by atoms with van der Waals surface area (Å²) in [7, 11) is -3.15. The van der Waals surface area contributed by atoms with Gasteiger partial charge in [-0.05, 0) is 37.8 Å². The van der Waals surface area contributed by atoms with Crippen LogP contribution in [0.4, 0.5) is 4.39 Å². The number of amides is 1. The molecular formula is C18H27FN2O4S. The minimum absolute atomic E-state index is 0.0136. The quantitative estimate of drug-likeness (QED) is 0.661. The fraction of sp³-hybridized carbons (Fsp3) is 0.611. The number of piperidine rings is 1. The fourth-order valence-electron chi connectivity index (χ4n) is 2.94. The molecule has 1 fully saturated rings. The first kappa shape index (κ1) is 20.6. The second-order valence-electron chi connectivity index (χ2n) is 6.47. The van der Waals surface area contributed by atoms with Gasteiger partial charge in [0.15, 0.2) is 0 Å². The number of nitrogens with zero attached hydrogens (tertiary/aromatic N) is 1. The van der Waals surface area contributed by atoms with Crippen molar-refractivity contribution in [2.45, 2.75) is 45.1 Å². The molecule has 0 atom stereocenters. The second-order valence-corrected chi connectivity index (χ2v) is 8.55. The molecule has 1 aromatic rings. The molecule has 1 heterocycles. The van der Waals surface area contributed by atoms with Gasteiger partial charge in [-0.2, -0.15) is 0 Å². The SMILES string of the molecule is CCCS(=O)(=O)N1CCC(NC(=O)CCCOc2cccc(F)c2)CC1. The zero-order chi connectivity index (χ0) is 19.0. The summed E-state index contributed by atoms with van der Waals surface area (Å²) in [6, 6.07) is 5.91. The first-order valence-corrected chi connectivity index (χ1v) is 10.7. The molecule has 1 saturated heterocycles. The average Bonchev–Trinajstić information content (AvgIpc) is 2.59. The Labute approximate surface area is 154 Å². The highest BCUT2D eigenvalue weighted by Crippen LogP contribution is 2.16. The summed E-state index contributed by atoms with van der Waals surface area (Å²) in [6.07, 6.45) is 2.73. The van der Waals surface area contributed by atoms with Crippen LogP contribution in [-0.2, 0) is 14.8 Å². The van der Waals surface area contributed by atoms with Gasteiger partial charge in [-0.3, -0.25) is 4.79 Å². The minimum Gasteiger partial charge on any atom is -0.493 e. The normalized spacial score (nSPS) is 16.4. The molecule has 0 bridgehead atoms. The Balaban J connectivity index is 1.63. The number of nitrogens with one attached hydrogen (secondary N) is 1. The molecule has 6 nitrogen and oxygen atoms in total. The number of benzene rings is 1. The summed E-state index contributed by atoms with van der Waals surface area (Å²) >= 11 is 0. The lowest BCUT2D eigenvalue weighted by Gasteiger charge is -2.31. The summed E-state index contributed by atoms with van der Waals surface area (Å²) in [5, 5.41) is 2.95. The summed E-state index contributed by atoms with van der Waals surface area (Å²) in [5.41, 5.74) is 0. The molecule has 8 heteroatoms. The van der Waals surface area contributed by atoms with Crippen molar-refractivity contribution in [3.8, 4) is 5.75 Å². The lowest BCUT2D eigenvalue weighted by Crippen LogP contribution is -2.47. The van der Waals surface area contributed by atoms with Crippen molar-refractivity contribution in [3.63, 3.8) is 0 Å². The minimum atomic E-state index is -3.15. The number of sulfonamides is 1. The van der Waals surface area contributed by atoms with Crippen LogP contribution in [0.3, 0.4) is 0 Å². The van der Waals surface area contributed by atoms with E-state index in [1.54, 1.807) is 12.1 Å². The van der Waals surface area contributed by atoms with Crippen molar-refractivity contribution >= 4 is 15.9 Å². The van der Waals surface area contributed by atoms with Gasteiger partial charge >= 0.3 is 0 Å². The molecule has 0 aromatic heterocycles. The maximum atomic E-state index is 13.0. The van der Waals surface area contributed by atoms with E-state index in [-0.39, 0.29) is 23.5 Å². The molecule has 146 valence electrons. The molecule has 1 N–H and O–H groups in total. The van der Waals surface area contributed by atoms with Crippen LogP contribution in [0.15, 0.2) is 24.3 Å². The maximum Gasteiger partial charge on any atom is 0.220 e. The smallest absolute Gasteiger partial charge is 0.220 e. The van der Waals surface area contributed by atoms with E-state index in [9.17, 15) is 17.6 Å². The Kier molecular flexibility index (Phi) is 7.84. The molecule has 0 aliphatic carbocycles. The summed E-state index contributed by atoms with van der Waals surface area (Å²) in [4.78, 5) is 12.0. The Morgan fingerprint density at radius 1 is 1.35 bits per heavy atom. The van der Waals surface area contributed by atoms with E-state index in [1.165, 1.54) is 16.4 Å². The number of carbonyl (C=O) groups is 1. The first-order valence-electron chi connectivity index (χ1n) is 9.06. The summed E-state index contributed by atoms with van der Waals surface area (Å²) < 4.78 is 44.0. The highest BCUT2D eigenvalue weighted by atomic mass is 32.2. The molecule has 1 aromatic carbocycles. The number of hydrogen-bond acceptors (Lipinski definition) is 4. The van der Waals surface area contributed by atoms with Crippen LogP contribution in [-0.4, -0.2) is 50.1 Å². The van der Waals surface area contributed by atoms with Crippen molar-refractivity contribution in [1.82, 2.24) is 9.62 Å². The Hall–Kier alpha value is -1.67. The van der Waals surface area contributed by atoms with Crippen LogP contribution < -0.4 is 10.1 Å². The molecule has 0 unspecified atom stereocenters. The topological polar surface area (TPSA) is 75.7 Å². The van der Waals surface area contributed by atoms with Gasteiger partial charge in [-0.1, -0.05) is 13.0 Å². The molecule has 2 rings (SSSR count). The first-order chi connectivity index (χ1) is 12.4. The number of hydrogen-bond donors (Lipinski definition) is 1. The molecule has 0 saturated carbocycles. The Morgan fingerprint density at radius 2 is 2.08 bits per heavy atom. The van der Waals surface area contributed by atoms with Crippen LogP contribution in [0, 0.1) is 5.82 Å². The number of carbonyl (C=O) groups excluding carboxylic acids is 1. The van der Waals surface area contributed by atoms with Gasteiger partial charge in [0.1, 0.15) is 11.6 Å². The average molecular weight is 386 g/mol. The maximum absolute atomic E-state index is 13.0. The van der Waals surface area contributed by atoms with E-state index in [1.807, 2.05) is 6.92 Å². The fourth-order valence-corrected chi connectivity index (χ4v) is 4.49. The molecule has 1 aliphatic rings. The van der Waals surface area contributed by atoms with Gasteiger partial charge in [0.25, 0.3) is 0 Å². The van der Waals surface area contributed by atoms with E-state index in [2.05, 4.69) is 5.32 Å². The van der Waals surface area contributed by atoms with Crippen molar-refractivity contribution in [1.29, 1.82) is 0 Å². The van der Waals surface area contributed by atoms with Gasteiger partial charge in [-0.25, -0.2) is 17.1 Å². The molecule has 0 spiro atoms. The van der Waals surface area contributed by atoms with E-state index >= 15 is 0 Å². The largest absolute Gasteiger partial charge is 0.493 e. The number of rotatable bonds is 9. The van der Waals surface area contributed by atoms with Crippen LogP contribution in [0.1, 0.15) is 39.0 Å². The monoisotopic (exact) mass is 386 g/mol. The molecule has 1 aliphatic heterocycles. The van der Waals surface area contributed by atoms with E-state index < -0.39 is 10.0 Å². The summed E-state index contributed by atoms with van der Waals surface area (Å²) in [6.45, 7) is 3.10. The van der Waals surface area contributed by atoms with Gasteiger partial charge in [0.05, 0.1) is 12.4 Å². The third-order valence-corrected chi connectivity index (χ3v) is 6.36. The summed E-state index contributed by atoms with van der Waals surface area (Å²) in [5.74, 6) is 0.205.